The van der Waals surface area contributed by atoms with Crippen molar-refractivity contribution in [2.24, 2.45) is 0 Å². The number of benzene rings is 3. The van der Waals surface area contributed by atoms with Gasteiger partial charge in [0.15, 0.2) is 5.82 Å². The third-order valence-electron chi connectivity index (χ3n) is 4.75. The molecule has 0 aliphatic rings. The largest absolute Gasteiger partial charge is 0.489 e. The second-order valence-electron chi connectivity index (χ2n) is 6.98. The summed E-state index contributed by atoms with van der Waals surface area (Å²) >= 11 is 6.46. The summed E-state index contributed by atoms with van der Waals surface area (Å²) in [6.45, 7) is 0.448. The van der Waals surface area contributed by atoms with Gasteiger partial charge in [-0.15, -0.1) is 0 Å². The topological polar surface area (TPSA) is 81.3 Å². The number of hydrogen-bond donors (Lipinski definition) is 1. The average molecular weight is 447 g/mol. The molecule has 32 heavy (non-hydrogen) atoms. The van der Waals surface area contributed by atoms with Gasteiger partial charge < -0.3 is 14.5 Å². The highest BCUT2D eigenvalue weighted by Crippen LogP contribution is 2.23. The van der Waals surface area contributed by atoms with Crippen LogP contribution in [0, 0.1) is 0 Å². The van der Waals surface area contributed by atoms with Crippen molar-refractivity contribution in [2.75, 3.05) is 7.11 Å². The van der Waals surface area contributed by atoms with Gasteiger partial charge >= 0.3 is 5.97 Å². The Kier molecular flexibility index (Phi) is 6.33. The number of nitrogens with one attached hydrogen (secondary N) is 1. The van der Waals surface area contributed by atoms with E-state index in [1.54, 1.807) is 6.08 Å². The molecule has 3 aromatic carbocycles. The van der Waals surface area contributed by atoms with E-state index >= 15 is 0 Å². The van der Waals surface area contributed by atoms with Gasteiger partial charge in [0.1, 0.15) is 12.4 Å². The fourth-order valence-electron chi connectivity index (χ4n) is 3.15. The van der Waals surface area contributed by atoms with Crippen molar-refractivity contribution in [3.8, 4) is 5.75 Å². The third kappa shape index (κ3) is 4.87. The Morgan fingerprint density at radius 2 is 1.88 bits per heavy atom. The Morgan fingerprint density at radius 3 is 2.66 bits per heavy atom. The molecule has 160 valence electrons. The molecule has 1 heterocycles. The predicted molar refractivity (Wildman–Crippen MR) is 125 cm³/mol. The molecule has 0 radical (unpaired) electrons. The molecule has 0 unspecified atom stereocenters. The average Bonchev–Trinajstić information content (AvgIpc) is 2.82. The minimum absolute atomic E-state index is 0.196. The summed E-state index contributed by atoms with van der Waals surface area (Å²) in [5.41, 5.74) is 2.14. The number of H-pyrrole nitrogens is 1. The molecule has 0 saturated carbocycles. The molecular weight excluding hydrogens is 428 g/mol. The van der Waals surface area contributed by atoms with Crippen LogP contribution in [-0.4, -0.2) is 23.0 Å². The minimum Gasteiger partial charge on any atom is -0.489 e. The molecule has 0 bridgehead atoms. The van der Waals surface area contributed by atoms with Crippen LogP contribution in [0.15, 0.2) is 77.6 Å². The van der Waals surface area contributed by atoms with E-state index < -0.39 is 5.97 Å². The van der Waals surface area contributed by atoms with Crippen LogP contribution in [0.5, 0.6) is 5.75 Å². The van der Waals surface area contributed by atoms with Gasteiger partial charge in [0.05, 0.1) is 28.6 Å². The lowest BCUT2D eigenvalue weighted by Crippen LogP contribution is -2.11. The van der Waals surface area contributed by atoms with E-state index in [-0.39, 0.29) is 16.4 Å². The number of esters is 1. The Morgan fingerprint density at radius 1 is 1.06 bits per heavy atom. The van der Waals surface area contributed by atoms with Crippen molar-refractivity contribution in [1.29, 1.82) is 0 Å². The summed E-state index contributed by atoms with van der Waals surface area (Å²) in [6.07, 6.45) is 1.69. The molecule has 0 aliphatic carbocycles. The molecule has 7 heteroatoms. The summed E-state index contributed by atoms with van der Waals surface area (Å²) in [5.74, 6) is 0.376. The van der Waals surface area contributed by atoms with E-state index in [2.05, 4.69) is 9.97 Å². The van der Waals surface area contributed by atoms with Crippen LogP contribution in [-0.2, 0) is 11.3 Å². The molecule has 0 spiro atoms. The van der Waals surface area contributed by atoms with Crippen molar-refractivity contribution >= 4 is 39.6 Å². The van der Waals surface area contributed by atoms with E-state index in [4.69, 9.17) is 21.1 Å². The number of nitrogens with zero attached hydrogens (tertiary/aromatic N) is 1. The van der Waals surface area contributed by atoms with Gasteiger partial charge in [0, 0.05) is 0 Å². The maximum Gasteiger partial charge on any atom is 0.337 e. The molecule has 1 aromatic heterocycles. The van der Waals surface area contributed by atoms with Crippen molar-refractivity contribution < 1.29 is 14.3 Å². The van der Waals surface area contributed by atoms with Crippen LogP contribution in [0.1, 0.15) is 27.3 Å². The first-order chi connectivity index (χ1) is 15.5. The van der Waals surface area contributed by atoms with Crippen LogP contribution < -0.4 is 10.3 Å². The number of rotatable bonds is 6. The summed E-state index contributed by atoms with van der Waals surface area (Å²) in [4.78, 5) is 31.3. The molecule has 4 aromatic rings. The quantitative estimate of drug-likeness (QED) is 0.420. The smallest absolute Gasteiger partial charge is 0.337 e. The van der Waals surface area contributed by atoms with Crippen molar-refractivity contribution in [2.45, 2.75) is 6.61 Å². The first kappa shape index (κ1) is 21.3. The number of carbonyl (C=O) groups excluding carboxylic acids is 1. The Hall–Kier alpha value is -3.90. The summed E-state index contributed by atoms with van der Waals surface area (Å²) in [5, 5.41) is 0.592. The minimum atomic E-state index is -0.510. The van der Waals surface area contributed by atoms with E-state index in [1.807, 2.05) is 54.6 Å². The van der Waals surface area contributed by atoms with Crippen LogP contribution >= 0.6 is 11.6 Å². The van der Waals surface area contributed by atoms with Gasteiger partial charge in [-0.1, -0.05) is 54.1 Å². The molecule has 0 atom stereocenters. The maximum absolute atomic E-state index is 12.5. The molecule has 6 nitrogen and oxygen atoms in total. The zero-order valence-corrected chi connectivity index (χ0v) is 17.9. The van der Waals surface area contributed by atoms with Gasteiger partial charge in [0.2, 0.25) is 0 Å². The molecule has 0 saturated heterocycles. The van der Waals surface area contributed by atoms with Crippen molar-refractivity contribution in [1.82, 2.24) is 9.97 Å². The van der Waals surface area contributed by atoms with Gasteiger partial charge in [-0.3, -0.25) is 4.79 Å². The van der Waals surface area contributed by atoms with Crippen LogP contribution in [0.3, 0.4) is 0 Å². The van der Waals surface area contributed by atoms with Crippen LogP contribution in [0.4, 0.5) is 0 Å². The van der Waals surface area contributed by atoms with Gasteiger partial charge in [-0.05, 0) is 47.5 Å². The number of carbonyl (C=O) groups is 1. The normalized spacial score (nSPS) is 11.4. The van der Waals surface area contributed by atoms with Crippen molar-refractivity contribution in [3.05, 3.63) is 106 Å². The lowest BCUT2D eigenvalue weighted by molar-refractivity contribution is 0.0601. The highest BCUT2D eigenvalue weighted by molar-refractivity contribution is 6.50. The second-order valence-corrected chi connectivity index (χ2v) is 7.38. The number of methoxy groups -OCH3 is 1. The first-order valence-corrected chi connectivity index (χ1v) is 10.2. The molecule has 0 amide bonds. The maximum atomic E-state index is 12.5. The SMILES string of the molecule is COC(=O)c1ccc2c(=O)[nH]c(/C(Cl)=C/c3cccc(OCc4ccccc4)c3)nc2c1. The second kappa shape index (κ2) is 9.49. The molecule has 1 N–H and O–H groups in total. The van der Waals surface area contributed by atoms with E-state index in [0.717, 1.165) is 11.1 Å². The summed E-state index contributed by atoms with van der Waals surface area (Å²) in [6, 6.07) is 21.8. The Balaban J connectivity index is 1.60. The van der Waals surface area contributed by atoms with Crippen LogP contribution in [0.25, 0.3) is 22.0 Å². The number of ether oxygens (including phenoxy) is 2. The van der Waals surface area contributed by atoms with Crippen molar-refractivity contribution in [3.63, 3.8) is 0 Å². The molecule has 4 rings (SSSR count). The number of halogens is 1. The monoisotopic (exact) mass is 446 g/mol. The molecule has 0 aliphatic heterocycles. The van der Waals surface area contributed by atoms with E-state index in [0.29, 0.717) is 28.8 Å². The third-order valence-corrected chi connectivity index (χ3v) is 5.04. The Labute approximate surface area is 189 Å². The lowest BCUT2D eigenvalue weighted by atomic mass is 10.1. The van der Waals surface area contributed by atoms with Gasteiger partial charge in [0.25, 0.3) is 5.56 Å². The zero-order chi connectivity index (χ0) is 22.5. The van der Waals surface area contributed by atoms with Crippen LogP contribution in [0.2, 0.25) is 0 Å². The molecular formula is C25H19ClN2O4. The standard InChI is InChI=1S/C25H19ClN2O4/c1-31-25(30)18-10-11-20-22(14-18)27-23(28-24(20)29)21(26)13-17-8-5-9-19(12-17)32-15-16-6-3-2-4-7-16/h2-14H,15H2,1H3,(H,27,28,29)/b21-13-. The van der Waals surface area contributed by atoms with Gasteiger partial charge in [-0.25, -0.2) is 9.78 Å². The zero-order valence-electron chi connectivity index (χ0n) is 17.2. The number of aromatic amines is 1. The van der Waals surface area contributed by atoms with E-state index in [1.165, 1.54) is 25.3 Å². The fourth-order valence-corrected chi connectivity index (χ4v) is 3.36. The predicted octanol–water partition coefficient (Wildman–Crippen LogP) is 5.03. The fraction of sp³-hybridized carbons (Fsp3) is 0.0800. The highest BCUT2D eigenvalue weighted by Gasteiger charge is 2.11. The van der Waals surface area contributed by atoms with Gasteiger partial charge in [-0.2, -0.15) is 0 Å². The van der Waals surface area contributed by atoms with E-state index in [9.17, 15) is 9.59 Å². The Bertz CT molecular complexity index is 1360. The summed E-state index contributed by atoms with van der Waals surface area (Å²) < 4.78 is 10.6. The number of aromatic nitrogens is 2. The summed E-state index contributed by atoms with van der Waals surface area (Å²) in [7, 11) is 1.29. The first-order valence-electron chi connectivity index (χ1n) is 9.80. The number of fused-ring (bicyclic) bond motifs is 1. The molecule has 0 fully saturated rings. The number of hydrogen-bond acceptors (Lipinski definition) is 5. The lowest BCUT2D eigenvalue weighted by Gasteiger charge is -2.07. The highest BCUT2D eigenvalue weighted by atomic mass is 35.5.